The van der Waals surface area contributed by atoms with Gasteiger partial charge in [0.05, 0.1) is 12.4 Å². The molecule has 38 heavy (non-hydrogen) atoms. The zero-order chi connectivity index (χ0) is 27.9. The predicted octanol–water partition coefficient (Wildman–Crippen LogP) is 3.07. The molecule has 0 saturated heterocycles. The van der Waals surface area contributed by atoms with E-state index < -0.39 is 27.6 Å². The molecule has 1 amide bonds. The normalized spacial score (nSPS) is 11.6. The Morgan fingerprint density at radius 1 is 1.11 bits per heavy atom. The Kier molecular flexibility index (Phi) is 9.06. The first kappa shape index (κ1) is 28.6. The molecule has 0 aliphatic heterocycles. The standard InChI is InChI=1S/C23H26F3N7O4S/c1-3-38(36,37)32-19-16(5-4-10-27-19)13-28-20-18(23(24,25)26)14-29-22(31-20)30-17-8-6-15(7-9-17)21(35)33(2)11-12-34/h4-10,14,34H,3,11-13H2,1-2H3,(H,27,32)(H2,28,29,30,31). The number of rotatable bonds is 11. The van der Waals surface area contributed by atoms with Gasteiger partial charge in [-0.05, 0) is 37.3 Å². The summed E-state index contributed by atoms with van der Waals surface area (Å²) < 4.78 is 67.1. The van der Waals surface area contributed by atoms with Crippen molar-refractivity contribution in [3.8, 4) is 0 Å². The Morgan fingerprint density at radius 3 is 2.45 bits per heavy atom. The van der Waals surface area contributed by atoms with Crippen LogP contribution in [-0.2, 0) is 22.7 Å². The molecule has 0 fully saturated rings. The van der Waals surface area contributed by atoms with E-state index >= 15 is 0 Å². The summed E-state index contributed by atoms with van der Waals surface area (Å²) in [5.41, 5.74) is -0.0403. The van der Waals surface area contributed by atoms with Gasteiger partial charge in [-0.1, -0.05) is 6.07 Å². The zero-order valence-corrected chi connectivity index (χ0v) is 21.3. The summed E-state index contributed by atoms with van der Waals surface area (Å²) in [6, 6.07) is 9.15. The summed E-state index contributed by atoms with van der Waals surface area (Å²) in [6.45, 7) is 1.21. The lowest BCUT2D eigenvalue weighted by molar-refractivity contribution is -0.137. The molecule has 0 aliphatic carbocycles. The second kappa shape index (κ2) is 12.0. The maximum absolute atomic E-state index is 13.6. The number of aliphatic hydroxyl groups is 1. The fourth-order valence-corrected chi connectivity index (χ4v) is 3.78. The van der Waals surface area contributed by atoms with Gasteiger partial charge >= 0.3 is 6.18 Å². The summed E-state index contributed by atoms with van der Waals surface area (Å²) in [6.07, 6.45) is -2.78. The molecule has 0 spiro atoms. The number of anilines is 4. The number of nitrogens with zero attached hydrogens (tertiary/aromatic N) is 4. The first-order valence-electron chi connectivity index (χ1n) is 11.3. The quantitative estimate of drug-likeness (QED) is 0.281. The number of likely N-dealkylation sites (N-methyl/N-ethyl adjacent to an activating group) is 1. The van der Waals surface area contributed by atoms with E-state index in [2.05, 4.69) is 30.3 Å². The minimum absolute atomic E-state index is 0.0120. The molecular formula is C23H26F3N7O4S. The second-order valence-electron chi connectivity index (χ2n) is 7.98. The lowest BCUT2D eigenvalue weighted by Crippen LogP contribution is -2.29. The topological polar surface area (TPSA) is 149 Å². The van der Waals surface area contributed by atoms with Gasteiger partial charge in [0.2, 0.25) is 16.0 Å². The van der Waals surface area contributed by atoms with Crippen molar-refractivity contribution < 1.29 is 31.5 Å². The number of carbonyl (C=O) groups excluding carboxylic acids is 1. The van der Waals surface area contributed by atoms with Crippen LogP contribution in [-0.4, -0.2) is 65.2 Å². The van der Waals surface area contributed by atoms with Gasteiger partial charge in [-0.25, -0.2) is 18.4 Å². The van der Waals surface area contributed by atoms with E-state index in [0.29, 0.717) is 23.0 Å². The van der Waals surface area contributed by atoms with Gasteiger partial charge in [0, 0.05) is 49.3 Å². The Morgan fingerprint density at radius 2 is 1.82 bits per heavy atom. The Labute approximate surface area is 217 Å². The fraction of sp³-hybridized carbons (Fsp3) is 0.304. The molecule has 1 aromatic carbocycles. The highest BCUT2D eigenvalue weighted by atomic mass is 32.2. The van der Waals surface area contributed by atoms with Crippen LogP contribution in [0.15, 0.2) is 48.8 Å². The average molecular weight is 554 g/mol. The highest BCUT2D eigenvalue weighted by molar-refractivity contribution is 7.92. The van der Waals surface area contributed by atoms with Crippen LogP contribution in [0.2, 0.25) is 0 Å². The minimum Gasteiger partial charge on any atom is -0.395 e. The second-order valence-corrected chi connectivity index (χ2v) is 9.99. The number of alkyl halides is 3. The third-order valence-corrected chi connectivity index (χ3v) is 6.50. The number of hydrogen-bond donors (Lipinski definition) is 4. The van der Waals surface area contributed by atoms with Crippen molar-refractivity contribution in [2.45, 2.75) is 19.6 Å². The number of nitrogens with one attached hydrogen (secondary N) is 3. The summed E-state index contributed by atoms with van der Waals surface area (Å²) in [7, 11) is -2.11. The molecule has 2 aromatic heterocycles. The lowest BCUT2D eigenvalue weighted by atomic mass is 10.2. The van der Waals surface area contributed by atoms with E-state index in [1.165, 1.54) is 54.4 Å². The first-order chi connectivity index (χ1) is 17.9. The van der Waals surface area contributed by atoms with Gasteiger partial charge < -0.3 is 20.6 Å². The molecule has 0 aliphatic rings. The maximum Gasteiger partial charge on any atom is 0.421 e. The molecule has 15 heteroatoms. The Balaban J connectivity index is 1.82. The molecule has 2 heterocycles. The van der Waals surface area contributed by atoms with Crippen molar-refractivity contribution in [2.75, 3.05) is 41.3 Å². The van der Waals surface area contributed by atoms with Crippen LogP contribution in [0.5, 0.6) is 0 Å². The van der Waals surface area contributed by atoms with Crippen LogP contribution in [0.3, 0.4) is 0 Å². The fourth-order valence-electron chi connectivity index (χ4n) is 3.15. The number of hydrogen-bond acceptors (Lipinski definition) is 9. The number of aliphatic hydroxyl groups excluding tert-OH is 1. The van der Waals surface area contributed by atoms with Gasteiger partial charge in [-0.15, -0.1) is 0 Å². The van der Waals surface area contributed by atoms with Gasteiger partial charge in [0.1, 0.15) is 17.2 Å². The summed E-state index contributed by atoms with van der Waals surface area (Å²) >= 11 is 0. The van der Waals surface area contributed by atoms with E-state index in [-0.39, 0.29) is 43.1 Å². The molecule has 0 bridgehead atoms. The summed E-state index contributed by atoms with van der Waals surface area (Å²) in [4.78, 5) is 25.3. The van der Waals surface area contributed by atoms with Gasteiger partial charge in [-0.3, -0.25) is 9.52 Å². The van der Waals surface area contributed by atoms with E-state index in [1.54, 1.807) is 7.05 Å². The van der Waals surface area contributed by atoms with Crippen molar-refractivity contribution in [1.29, 1.82) is 0 Å². The third-order valence-electron chi connectivity index (χ3n) is 5.23. The number of amides is 1. The molecule has 0 saturated carbocycles. The van der Waals surface area contributed by atoms with Gasteiger partial charge in [0.25, 0.3) is 5.91 Å². The van der Waals surface area contributed by atoms with Crippen LogP contribution < -0.4 is 15.4 Å². The summed E-state index contributed by atoms with van der Waals surface area (Å²) in [5, 5.41) is 14.4. The van der Waals surface area contributed by atoms with Crippen molar-refractivity contribution >= 4 is 39.2 Å². The molecule has 0 radical (unpaired) electrons. The number of sulfonamides is 1. The van der Waals surface area contributed by atoms with Crippen LogP contribution >= 0.6 is 0 Å². The SMILES string of the molecule is CCS(=O)(=O)Nc1ncccc1CNc1nc(Nc2ccc(C(=O)N(C)CCO)cc2)ncc1C(F)(F)F. The van der Waals surface area contributed by atoms with Crippen molar-refractivity contribution in [1.82, 2.24) is 19.9 Å². The van der Waals surface area contributed by atoms with E-state index in [0.717, 1.165) is 0 Å². The Bertz CT molecular complexity index is 1370. The van der Waals surface area contributed by atoms with Crippen molar-refractivity contribution in [3.05, 3.63) is 65.5 Å². The molecule has 11 nitrogen and oxygen atoms in total. The maximum atomic E-state index is 13.6. The minimum atomic E-state index is -4.76. The van der Waals surface area contributed by atoms with Crippen LogP contribution in [0.4, 0.5) is 36.4 Å². The van der Waals surface area contributed by atoms with Crippen LogP contribution in [0.1, 0.15) is 28.4 Å². The van der Waals surface area contributed by atoms with E-state index in [1.807, 2.05) is 0 Å². The average Bonchev–Trinajstić information content (AvgIpc) is 2.87. The third kappa shape index (κ3) is 7.52. The van der Waals surface area contributed by atoms with Crippen LogP contribution in [0.25, 0.3) is 0 Å². The molecular weight excluding hydrogens is 527 g/mol. The van der Waals surface area contributed by atoms with Crippen LogP contribution in [0, 0.1) is 0 Å². The predicted molar refractivity (Wildman–Crippen MR) is 135 cm³/mol. The molecule has 204 valence electrons. The Hall–Kier alpha value is -3.98. The molecule has 0 unspecified atom stereocenters. The lowest BCUT2D eigenvalue weighted by Gasteiger charge is -2.17. The molecule has 3 aromatic rings. The number of carbonyl (C=O) groups is 1. The van der Waals surface area contributed by atoms with Gasteiger partial charge in [-0.2, -0.15) is 18.2 Å². The van der Waals surface area contributed by atoms with Crippen molar-refractivity contribution in [2.24, 2.45) is 0 Å². The first-order valence-corrected chi connectivity index (χ1v) is 12.9. The van der Waals surface area contributed by atoms with Crippen molar-refractivity contribution in [3.63, 3.8) is 0 Å². The highest BCUT2D eigenvalue weighted by Crippen LogP contribution is 2.34. The molecule has 0 atom stereocenters. The zero-order valence-electron chi connectivity index (χ0n) is 20.5. The molecule has 3 rings (SSSR count). The monoisotopic (exact) mass is 553 g/mol. The van der Waals surface area contributed by atoms with E-state index in [4.69, 9.17) is 5.11 Å². The van der Waals surface area contributed by atoms with Gasteiger partial charge in [0.15, 0.2) is 0 Å². The number of pyridine rings is 1. The smallest absolute Gasteiger partial charge is 0.395 e. The molecule has 4 N–H and O–H groups in total. The number of benzene rings is 1. The summed E-state index contributed by atoms with van der Waals surface area (Å²) in [5.74, 6) is -1.19. The highest BCUT2D eigenvalue weighted by Gasteiger charge is 2.35. The number of aromatic nitrogens is 3. The van der Waals surface area contributed by atoms with E-state index in [9.17, 15) is 26.4 Å². The largest absolute Gasteiger partial charge is 0.421 e. The number of halogens is 3.